The zero-order valence-corrected chi connectivity index (χ0v) is 17.4. The highest BCUT2D eigenvalue weighted by Crippen LogP contribution is 2.40. The first-order chi connectivity index (χ1) is 12.4. The molecule has 3 N–H and O–H groups in total. The molecular formula is C20H27BrN4O. The first-order valence-corrected chi connectivity index (χ1v) is 9.96. The molecule has 6 heteroatoms. The quantitative estimate of drug-likeness (QED) is 0.595. The van der Waals surface area contributed by atoms with Crippen molar-refractivity contribution in [3.8, 4) is 0 Å². The molecule has 0 amide bonds. The van der Waals surface area contributed by atoms with E-state index in [-0.39, 0.29) is 12.6 Å². The third kappa shape index (κ3) is 4.54. The lowest BCUT2D eigenvalue weighted by Crippen LogP contribution is -2.30. The SMILES string of the molecule is Cc1cc(Br)cc(C)c1Nc1cc(C2CC2)nc(N[C@H](CO)C(C)C)n1. The number of halogens is 1. The van der Waals surface area contributed by atoms with Gasteiger partial charge in [-0.05, 0) is 55.9 Å². The number of nitrogens with zero attached hydrogens (tertiary/aromatic N) is 2. The average Bonchev–Trinajstić information content (AvgIpc) is 3.40. The standard InChI is InChI=1S/C20H27BrN4O/c1-11(2)17(10-26)23-20-22-16(14-5-6-14)9-18(25-20)24-19-12(3)7-15(21)8-13(19)4/h7-9,11,14,17,26H,5-6,10H2,1-4H3,(H2,22,23,24,25)/t17-/m1/s1. The van der Waals surface area contributed by atoms with Crippen LogP contribution in [-0.2, 0) is 0 Å². The Labute approximate surface area is 163 Å². The second-order valence-electron chi connectivity index (χ2n) is 7.49. The number of aliphatic hydroxyl groups excluding tert-OH is 1. The van der Waals surface area contributed by atoms with Gasteiger partial charge in [0.05, 0.1) is 18.3 Å². The van der Waals surface area contributed by atoms with Crippen molar-refractivity contribution in [3.63, 3.8) is 0 Å². The minimum atomic E-state index is -0.0616. The third-order valence-electron chi connectivity index (χ3n) is 4.81. The summed E-state index contributed by atoms with van der Waals surface area (Å²) in [5, 5.41) is 16.4. The summed E-state index contributed by atoms with van der Waals surface area (Å²) in [6, 6.07) is 6.18. The number of rotatable bonds is 7. The van der Waals surface area contributed by atoms with Crippen LogP contribution >= 0.6 is 15.9 Å². The molecule has 3 rings (SSSR count). The molecule has 1 aromatic heterocycles. The van der Waals surface area contributed by atoms with Gasteiger partial charge in [0, 0.05) is 22.1 Å². The van der Waals surface area contributed by atoms with Crippen LogP contribution in [0.15, 0.2) is 22.7 Å². The van der Waals surface area contributed by atoms with E-state index in [1.54, 1.807) is 0 Å². The van der Waals surface area contributed by atoms with Crippen molar-refractivity contribution in [2.75, 3.05) is 17.2 Å². The minimum Gasteiger partial charge on any atom is -0.394 e. The number of anilines is 3. The lowest BCUT2D eigenvalue weighted by molar-refractivity contribution is 0.248. The van der Waals surface area contributed by atoms with Gasteiger partial charge in [0.15, 0.2) is 0 Å². The Morgan fingerprint density at radius 3 is 2.35 bits per heavy atom. The van der Waals surface area contributed by atoms with Crippen LogP contribution in [-0.4, -0.2) is 27.7 Å². The summed E-state index contributed by atoms with van der Waals surface area (Å²) < 4.78 is 1.07. The molecule has 5 nitrogen and oxygen atoms in total. The van der Waals surface area contributed by atoms with Gasteiger partial charge in [0.25, 0.3) is 0 Å². The van der Waals surface area contributed by atoms with Crippen LogP contribution in [0.1, 0.15) is 49.4 Å². The maximum absolute atomic E-state index is 9.61. The van der Waals surface area contributed by atoms with E-state index in [2.05, 4.69) is 76.4 Å². The fourth-order valence-electron chi connectivity index (χ4n) is 3.01. The Morgan fingerprint density at radius 2 is 1.81 bits per heavy atom. The van der Waals surface area contributed by atoms with Crippen molar-refractivity contribution in [1.82, 2.24) is 9.97 Å². The molecule has 1 fully saturated rings. The smallest absolute Gasteiger partial charge is 0.225 e. The molecule has 0 bridgehead atoms. The minimum absolute atomic E-state index is 0.0579. The number of aryl methyl sites for hydroxylation is 2. The lowest BCUT2D eigenvalue weighted by atomic mass is 10.1. The molecule has 1 aliphatic carbocycles. The highest BCUT2D eigenvalue weighted by atomic mass is 79.9. The van der Waals surface area contributed by atoms with Crippen molar-refractivity contribution in [2.45, 2.75) is 52.5 Å². The molecule has 1 heterocycles. The molecule has 1 saturated carbocycles. The Hall–Kier alpha value is -1.66. The van der Waals surface area contributed by atoms with Crippen LogP contribution in [0, 0.1) is 19.8 Å². The maximum Gasteiger partial charge on any atom is 0.225 e. The van der Waals surface area contributed by atoms with Gasteiger partial charge in [-0.3, -0.25) is 0 Å². The predicted octanol–water partition coefficient (Wildman–Crippen LogP) is 4.91. The van der Waals surface area contributed by atoms with Crippen LogP contribution in [0.4, 0.5) is 17.5 Å². The average molecular weight is 419 g/mol. The van der Waals surface area contributed by atoms with E-state index in [9.17, 15) is 5.11 Å². The normalized spacial score (nSPS) is 15.2. The largest absolute Gasteiger partial charge is 0.394 e. The van der Waals surface area contributed by atoms with E-state index >= 15 is 0 Å². The molecule has 26 heavy (non-hydrogen) atoms. The highest BCUT2D eigenvalue weighted by Gasteiger charge is 2.27. The molecule has 0 radical (unpaired) electrons. The summed E-state index contributed by atoms with van der Waals surface area (Å²) in [7, 11) is 0. The van der Waals surface area contributed by atoms with Gasteiger partial charge in [0.2, 0.25) is 5.95 Å². The molecule has 2 aromatic rings. The summed E-state index contributed by atoms with van der Waals surface area (Å²) in [6.07, 6.45) is 2.36. The molecular weight excluding hydrogens is 392 g/mol. The van der Waals surface area contributed by atoms with E-state index in [0.29, 0.717) is 17.8 Å². The topological polar surface area (TPSA) is 70.1 Å². The number of hydrogen-bond acceptors (Lipinski definition) is 5. The van der Waals surface area contributed by atoms with Crippen LogP contribution in [0.2, 0.25) is 0 Å². The molecule has 0 spiro atoms. The third-order valence-corrected chi connectivity index (χ3v) is 5.27. The van der Waals surface area contributed by atoms with Gasteiger partial charge in [-0.1, -0.05) is 29.8 Å². The van der Waals surface area contributed by atoms with Gasteiger partial charge < -0.3 is 15.7 Å². The van der Waals surface area contributed by atoms with E-state index in [0.717, 1.165) is 32.8 Å². The second kappa shape index (κ2) is 7.92. The number of benzene rings is 1. The van der Waals surface area contributed by atoms with Gasteiger partial charge >= 0.3 is 0 Å². The van der Waals surface area contributed by atoms with Crippen LogP contribution in [0.25, 0.3) is 0 Å². The van der Waals surface area contributed by atoms with Crippen LogP contribution in [0.5, 0.6) is 0 Å². The molecule has 140 valence electrons. The van der Waals surface area contributed by atoms with Crippen LogP contribution in [0.3, 0.4) is 0 Å². The zero-order chi connectivity index (χ0) is 18.8. The monoisotopic (exact) mass is 418 g/mol. The van der Waals surface area contributed by atoms with Crippen molar-refractivity contribution < 1.29 is 5.11 Å². The van der Waals surface area contributed by atoms with Gasteiger partial charge in [0.1, 0.15) is 5.82 Å². The van der Waals surface area contributed by atoms with Crippen molar-refractivity contribution >= 4 is 33.4 Å². The molecule has 1 atom stereocenters. The van der Waals surface area contributed by atoms with E-state index in [1.165, 1.54) is 12.8 Å². The first-order valence-electron chi connectivity index (χ1n) is 9.17. The van der Waals surface area contributed by atoms with Crippen LogP contribution < -0.4 is 10.6 Å². The zero-order valence-electron chi connectivity index (χ0n) is 15.8. The van der Waals surface area contributed by atoms with Crippen molar-refractivity contribution in [3.05, 3.63) is 39.5 Å². The Morgan fingerprint density at radius 1 is 1.15 bits per heavy atom. The number of aliphatic hydroxyl groups is 1. The lowest BCUT2D eigenvalue weighted by Gasteiger charge is -2.21. The fraction of sp³-hybridized carbons (Fsp3) is 0.500. The second-order valence-corrected chi connectivity index (χ2v) is 8.41. The molecule has 0 saturated heterocycles. The molecule has 1 aliphatic rings. The number of hydrogen-bond donors (Lipinski definition) is 3. The Balaban J connectivity index is 1.91. The Bertz CT molecular complexity index is 766. The van der Waals surface area contributed by atoms with Gasteiger partial charge in [-0.2, -0.15) is 4.98 Å². The van der Waals surface area contributed by atoms with E-state index < -0.39 is 0 Å². The first kappa shape index (κ1) is 19.1. The summed E-state index contributed by atoms with van der Waals surface area (Å²) in [5.41, 5.74) is 4.46. The number of aromatic nitrogens is 2. The van der Waals surface area contributed by atoms with Crippen molar-refractivity contribution in [1.29, 1.82) is 0 Å². The summed E-state index contributed by atoms with van der Waals surface area (Å²) in [4.78, 5) is 9.34. The predicted molar refractivity (Wildman–Crippen MR) is 110 cm³/mol. The Kier molecular flexibility index (Phi) is 5.82. The molecule has 0 aliphatic heterocycles. The molecule has 0 unspecified atom stereocenters. The van der Waals surface area contributed by atoms with Crippen molar-refractivity contribution in [2.24, 2.45) is 5.92 Å². The van der Waals surface area contributed by atoms with Gasteiger partial charge in [-0.25, -0.2) is 4.98 Å². The fourth-order valence-corrected chi connectivity index (χ4v) is 3.69. The maximum atomic E-state index is 9.61. The van der Waals surface area contributed by atoms with E-state index in [1.807, 2.05) is 6.07 Å². The van der Waals surface area contributed by atoms with E-state index in [4.69, 9.17) is 0 Å². The number of nitrogens with one attached hydrogen (secondary N) is 2. The van der Waals surface area contributed by atoms with Gasteiger partial charge in [-0.15, -0.1) is 0 Å². The summed E-state index contributed by atoms with van der Waals surface area (Å²) in [6.45, 7) is 8.38. The summed E-state index contributed by atoms with van der Waals surface area (Å²) >= 11 is 3.54. The highest BCUT2D eigenvalue weighted by molar-refractivity contribution is 9.10. The summed E-state index contributed by atoms with van der Waals surface area (Å²) in [5.74, 6) is 2.19. The molecule has 1 aromatic carbocycles.